The van der Waals surface area contributed by atoms with Crippen molar-refractivity contribution in [1.29, 1.82) is 0 Å². The van der Waals surface area contributed by atoms with E-state index in [1.54, 1.807) is 39.0 Å². The number of aliphatic hydroxyl groups is 3. The Morgan fingerprint density at radius 1 is 1.17 bits per heavy atom. The van der Waals surface area contributed by atoms with Gasteiger partial charge in [0.25, 0.3) is 0 Å². The first-order valence-electron chi connectivity index (χ1n) is 12.1. The van der Waals surface area contributed by atoms with Gasteiger partial charge in [-0.05, 0) is 37.7 Å². The van der Waals surface area contributed by atoms with Crippen LogP contribution in [0.4, 0.5) is 0 Å². The molecular formula is C26H37NO8. The van der Waals surface area contributed by atoms with Gasteiger partial charge in [0, 0.05) is 37.2 Å². The number of esters is 1. The molecule has 9 nitrogen and oxygen atoms in total. The van der Waals surface area contributed by atoms with Gasteiger partial charge in [-0.25, -0.2) is 4.79 Å². The lowest BCUT2D eigenvalue weighted by atomic mass is 9.86. The van der Waals surface area contributed by atoms with E-state index in [-0.39, 0.29) is 49.2 Å². The van der Waals surface area contributed by atoms with Gasteiger partial charge in [0.1, 0.15) is 11.9 Å². The molecule has 9 heteroatoms. The molecule has 2 rings (SSSR count). The lowest BCUT2D eigenvalue weighted by Gasteiger charge is -2.30. The number of carbonyl (C=O) groups excluding carboxylic acids is 4. The Hall–Kier alpha value is -2.62. The first-order valence-corrected chi connectivity index (χ1v) is 12.1. The number of carbonyl (C=O) groups is 4. The molecule has 2 aliphatic heterocycles. The van der Waals surface area contributed by atoms with Crippen molar-refractivity contribution in [3.63, 3.8) is 0 Å². The molecule has 0 spiro atoms. The zero-order chi connectivity index (χ0) is 26.1. The van der Waals surface area contributed by atoms with Crippen molar-refractivity contribution < 1.29 is 39.2 Å². The smallest absolute Gasteiger partial charge is 0.331 e. The molecule has 0 radical (unpaired) electrons. The molecule has 0 aromatic rings. The molecule has 0 aromatic carbocycles. The van der Waals surface area contributed by atoms with Crippen molar-refractivity contribution in [2.45, 2.75) is 83.7 Å². The fourth-order valence-corrected chi connectivity index (χ4v) is 4.48. The number of rotatable bonds is 7. The molecule has 6 atom stereocenters. The average Bonchev–Trinajstić information content (AvgIpc) is 2.76. The Labute approximate surface area is 205 Å². The minimum atomic E-state index is -1.20. The summed E-state index contributed by atoms with van der Waals surface area (Å²) in [6.45, 7) is 5.00. The summed E-state index contributed by atoms with van der Waals surface area (Å²) in [6, 6.07) is 0. The van der Waals surface area contributed by atoms with E-state index in [9.17, 15) is 34.5 Å². The van der Waals surface area contributed by atoms with Gasteiger partial charge in [-0.15, -0.1) is 0 Å². The fourth-order valence-electron chi connectivity index (χ4n) is 4.48. The average molecular weight is 492 g/mol. The maximum absolute atomic E-state index is 12.7. The summed E-state index contributed by atoms with van der Waals surface area (Å²) in [5.74, 6) is -3.18. The number of hydrogen-bond donors (Lipinski definition) is 4. The van der Waals surface area contributed by atoms with Crippen molar-refractivity contribution in [3.05, 3.63) is 36.0 Å². The highest BCUT2D eigenvalue weighted by molar-refractivity contribution is 5.97. The summed E-state index contributed by atoms with van der Waals surface area (Å²) >= 11 is 0. The molecule has 1 unspecified atom stereocenters. The van der Waals surface area contributed by atoms with E-state index in [2.05, 4.69) is 5.32 Å². The molecule has 0 bridgehead atoms. The Kier molecular flexibility index (Phi) is 11.0. The predicted octanol–water partition coefficient (Wildman–Crippen LogP) is 1.51. The highest BCUT2D eigenvalue weighted by Crippen LogP contribution is 2.26. The van der Waals surface area contributed by atoms with Crippen LogP contribution in [0.5, 0.6) is 0 Å². The molecule has 0 aliphatic carbocycles. The zero-order valence-electron chi connectivity index (χ0n) is 20.6. The Bertz CT molecular complexity index is 861. The lowest BCUT2D eigenvalue weighted by Crippen LogP contribution is -2.40. The third-order valence-corrected chi connectivity index (χ3v) is 6.44. The number of nitrogens with one attached hydrogen (secondary N) is 1. The van der Waals surface area contributed by atoms with Gasteiger partial charge in [-0.3, -0.25) is 19.7 Å². The molecular weight excluding hydrogens is 454 g/mol. The molecule has 0 saturated carbocycles. The third kappa shape index (κ3) is 9.16. The maximum atomic E-state index is 12.7. The molecule has 2 aliphatic rings. The molecule has 35 heavy (non-hydrogen) atoms. The number of ether oxygens (including phenoxy) is 1. The van der Waals surface area contributed by atoms with Crippen LogP contribution in [0.3, 0.4) is 0 Å². The van der Waals surface area contributed by atoms with Gasteiger partial charge in [-0.2, -0.15) is 0 Å². The van der Waals surface area contributed by atoms with E-state index >= 15 is 0 Å². The minimum Gasteiger partial charge on any atom is -0.454 e. The second kappa shape index (κ2) is 13.5. The summed E-state index contributed by atoms with van der Waals surface area (Å²) in [5.41, 5.74) is 0.538. The Balaban J connectivity index is 2.07. The Morgan fingerprint density at radius 2 is 1.80 bits per heavy atom. The number of amides is 2. The first kappa shape index (κ1) is 28.6. The number of imide groups is 1. The molecule has 2 heterocycles. The monoisotopic (exact) mass is 491 g/mol. The van der Waals surface area contributed by atoms with E-state index < -0.39 is 42.2 Å². The zero-order valence-corrected chi connectivity index (χ0v) is 20.6. The topological polar surface area (TPSA) is 150 Å². The van der Waals surface area contributed by atoms with Crippen LogP contribution in [0.2, 0.25) is 0 Å². The van der Waals surface area contributed by atoms with Crippen molar-refractivity contribution in [2.75, 3.05) is 0 Å². The van der Waals surface area contributed by atoms with Gasteiger partial charge >= 0.3 is 5.97 Å². The highest BCUT2D eigenvalue weighted by Gasteiger charge is 2.33. The minimum absolute atomic E-state index is 0.133. The second-order valence-corrected chi connectivity index (χ2v) is 9.61. The number of ketones is 1. The number of aliphatic hydroxyl groups excluding tert-OH is 3. The summed E-state index contributed by atoms with van der Waals surface area (Å²) < 4.78 is 5.58. The van der Waals surface area contributed by atoms with Crippen LogP contribution in [0, 0.1) is 17.8 Å². The van der Waals surface area contributed by atoms with Crippen molar-refractivity contribution >= 4 is 23.6 Å². The Morgan fingerprint density at radius 3 is 2.46 bits per heavy atom. The lowest BCUT2D eigenvalue weighted by molar-refractivity contribution is -0.146. The van der Waals surface area contributed by atoms with Crippen LogP contribution in [0.1, 0.15) is 59.3 Å². The SMILES string of the molecule is C/C(=C\[C@H](C)C(=O)C[C@H](O)CC1CC(=O)NC(=O)C1)C1OC(=O)/C=C/CC/C=C/[C@H](O)[C@@H](O)[C@@H]1C. The van der Waals surface area contributed by atoms with Crippen molar-refractivity contribution in [3.8, 4) is 0 Å². The number of cyclic esters (lactones) is 1. The van der Waals surface area contributed by atoms with Crippen LogP contribution in [-0.4, -0.2) is 63.3 Å². The van der Waals surface area contributed by atoms with Crippen LogP contribution in [0.25, 0.3) is 0 Å². The molecule has 2 amide bonds. The quantitative estimate of drug-likeness (QED) is 0.238. The normalized spacial score (nSPS) is 30.8. The first-order chi connectivity index (χ1) is 16.5. The largest absolute Gasteiger partial charge is 0.454 e. The molecule has 1 fully saturated rings. The summed E-state index contributed by atoms with van der Waals surface area (Å²) in [5, 5.41) is 33.5. The predicted molar refractivity (Wildman–Crippen MR) is 128 cm³/mol. The maximum Gasteiger partial charge on any atom is 0.331 e. The van der Waals surface area contributed by atoms with Gasteiger partial charge < -0.3 is 20.1 Å². The van der Waals surface area contributed by atoms with Crippen molar-refractivity contribution in [2.24, 2.45) is 17.8 Å². The molecule has 0 aromatic heterocycles. The number of allylic oxidation sites excluding steroid dienone is 3. The fraction of sp³-hybridized carbons (Fsp3) is 0.615. The van der Waals surface area contributed by atoms with Gasteiger partial charge in [0.2, 0.25) is 11.8 Å². The molecule has 1 saturated heterocycles. The van der Waals surface area contributed by atoms with E-state index in [4.69, 9.17) is 4.74 Å². The van der Waals surface area contributed by atoms with E-state index in [1.165, 1.54) is 12.2 Å². The summed E-state index contributed by atoms with van der Waals surface area (Å²) in [6.07, 6.45) is 5.18. The van der Waals surface area contributed by atoms with Gasteiger partial charge in [-0.1, -0.05) is 38.2 Å². The van der Waals surface area contributed by atoms with Gasteiger partial charge in [0.05, 0.1) is 18.3 Å². The summed E-state index contributed by atoms with van der Waals surface area (Å²) in [4.78, 5) is 48.1. The van der Waals surface area contributed by atoms with Crippen LogP contribution < -0.4 is 5.32 Å². The summed E-state index contributed by atoms with van der Waals surface area (Å²) in [7, 11) is 0. The third-order valence-electron chi connectivity index (χ3n) is 6.44. The van der Waals surface area contributed by atoms with Crippen LogP contribution in [0.15, 0.2) is 36.0 Å². The van der Waals surface area contributed by atoms with E-state index in [0.717, 1.165) is 0 Å². The second-order valence-electron chi connectivity index (χ2n) is 9.61. The number of hydrogen-bond acceptors (Lipinski definition) is 8. The number of piperidine rings is 1. The van der Waals surface area contributed by atoms with Crippen LogP contribution in [-0.2, 0) is 23.9 Å². The van der Waals surface area contributed by atoms with Crippen LogP contribution >= 0.6 is 0 Å². The van der Waals surface area contributed by atoms with Crippen molar-refractivity contribution in [1.82, 2.24) is 5.32 Å². The number of Topliss-reactive ketones (excluding diaryl/α,β-unsaturated/α-hetero) is 1. The van der Waals surface area contributed by atoms with Gasteiger partial charge in [0.15, 0.2) is 0 Å². The van der Waals surface area contributed by atoms with E-state index in [0.29, 0.717) is 18.4 Å². The standard InChI is InChI=1S/C26H37NO8/c1-15(21(30)14-19(28)11-18-12-22(31)27-23(32)13-18)10-16(2)26-17(3)25(34)20(29)8-6-4-5-7-9-24(33)35-26/h6-10,15,17-20,25-26,28-29,34H,4-5,11-14H2,1-3H3,(H,27,31,32)/b8-6+,9-7+,16-10+/t15-,17-,19+,20-,25-,26?/m0/s1. The van der Waals surface area contributed by atoms with E-state index in [1.807, 2.05) is 0 Å². The molecule has 4 N–H and O–H groups in total. The molecule has 194 valence electrons. The highest BCUT2D eigenvalue weighted by atomic mass is 16.5.